The number of nitrogens with one attached hydrogen (secondary N) is 1. The molecule has 0 bridgehead atoms. The standard InChI is InChI=1S/C16H33N3O2/c1-14(19-12-10-18(4)11-13-19)6-7-15(20)17-9-8-16(2,3)21-5/h14H,6-13H2,1-5H3,(H,17,20). The van der Waals surface area contributed by atoms with Crippen LogP contribution in [-0.2, 0) is 9.53 Å². The minimum Gasteiger partial charge on any atom is -0.379 e. The third-order valence-electron chi connectivity index (χ3n) is 4.55. The molecule has 0 saturated carbocycles. The van der Waals surface area contributed by atoms with Crippen LogP contribution < -0.4 is 5.32 Å². The highest BCUT2D eigenvalue weighted by Gasteiger charge is 2.20. The summed E-state index contributed by atoms with van der Waals surface area (Å²) < 4.78 is 5.34. The van der Waals surface area contributed by atoms with Crippen LogP contribution in [0.25, 0.3) is 0 Å². The second-order valence-electron chi connectivity index (χ2n) is 6.79. The second-order valence-corrected chi connectivity index (χ2v) is 6.79. The summed E-state index contributed by atoms with van der Waals surface area (Å²) in [5, 5.41) is 2.99. The molecule has 21 heavy (non-hydrogen) atoms. The van der Waals surface area contributed by atoms with Gasteiger partial charge in [0.2, 0.25) is 5.91 Å². The van der Waals surface area contributed by atoms with Gasteiger partial charge in [-0.15, -0.1) is 0 Å². The van der Waals surface area contributed by atoms with E-state index in [1.165, 1.54) is 0 Å². The van der Waals surface area contributed by atoms with Gasteiger partial charge in [-0.2, -0.15) is 0 Å². The van der Waals surface area contributed by atoms with Crippen LogP contribution in [0, 0.1) is 0 Å². The molecule has 1 aliphatic heterocycles. The zero-order valence-corrected chi connectivity index (χ0v) is 14.4. The molecule has 0 aromatic heterocycles. The molecular weight excluding hydrogens is 266 g/mol. The van der Waals surface area contributed by atoms with Gasteiger partial charge < -0.3 is 15.0 Å². The Morgan fingerprint density at radius 2 is 1.90 bits per heavy atom. The summed E-state index contributed by atoms with van der Waals surface area (Å²) in [4.78, 5) is 16.7. The number of piperazine rings is 1. The van der Waals surface area contributed by atoms with E-state index < -0.39 is 0 Å². The van der Waals surface area contributed by atoms with Gasteiger partial charge in [-0.3, -0.25) is 9.69 Å². The Morgan fingerprint density at radius 3 is 2.48 bits per heavy atom. The molecule has 1 rings (SSSR count). The average molecular weight is 299 g/mol. The van der Waals surface area contributed by atoms with Gasteiger partial charge in [0.05, 0.1) is 5.60 Å². The van der Waals surface area contributed by atoms with E-state index in [0.29, 0.717) is 19.0 Å². The van der Waals surface area contributed by atoms with Gasteiger partial charge in [-0.25, -0.2) is 0 Å². The predicted octanol–water partition coefficient (Wildman–Crippen LogP) is 1.33. The maximum atomic E-state index is 11.9. The number of nitrogens with zero attached hydrogens (tertiary/aromatic N) is 2. The summed E-state index contributed by atoms with van der Waals surface area (Å²) in [6.45, 7) is 11.5. The first-order chi connectivity index (χ1) is 9.84. The molecule has 0 spiro atoms. The summed E-state index contributed by atoms with van der Waals surface area (Å²) in [6.07, 6.45) is 2.38. The lowest BCUT2D eigenvalue weighted by Crippen LogP contribution is -2.48. The molecule has 0 aromatic carbocycles. The highest BCUT2D eigenvalue weighted by molar-refractivity contribution is 5.75. The van der Waals surface area contributed by atoms with Crippen LogP contribution in [-0.4, -0.2) is 74.2 Å². The number of hydrogen-bond donors (Lipinski definition) is 1. The van der Waals surface area contributed by atoms with Crippen molar-refractivity contribution < 1.29 is 9.53 Å². The molecule has 5 nitrogen and oxygen atoms in total. The fourth-order valence-electron chi connectivity index (χ4n) is 2.48. The van der Waals surface area contributed by atoms with Gasteiger partial charge in [0.25, 0.3) is 0 Å². The van der Waals surface area contributed by atoms with E-state index in [1.807, 2.05) is 13.8 Å². The Bertz CT molecular complexity index is 313. The van der Waals surface area contributed by atoms with Crippen molar-refractivity contribution in [1.82, 2.24) is 15.1 Å². The van der Waals surface area contributed by atoms with E-state index in [4.69, 9.17) is 4.74 Å². The van der Waals surface area contributed by atoms with Gasteiger partial charge >= 0.3 is 0 Å². The summed E-state index contributed by atoms with van der Waals surface area (Å²) in [7, 11) is 3.87. The quantitative estimate of drug-likeness (QED) is 0.734. The van der Waals surface area contributed by atoms with Crippen LogP contribution in [0.5, 0.6) is 0 Å². The van der Waals surface area contributed by atoms with Gasteiger partial charge in [0.1, 0.15) is 0 Å². The third kappa shape index (κ3) is 7.25. The number of ether oxygens (including phenoxy) is 1. The van der Waals surface area contributed by atoms with Crippen molar-refractivity contribution in [2.45, 2.75) is 51.7 Å². The zero-order chi connectivity index (χ0) is 15.9. The maximum Gasteiger partial charge on any atom is 0.220 e. The van der Waals surface area contributed by atoms with E-state index in [1.54, 1.807) is 7.11 Å². The van der Waals surface area contributed by atoms with Crippen molar-refractivity contribution >= 4 is 5.91 Å². The first-order valence-corrected chi connectivity index (χ1v) is 8.08. The number of carbonyl (C=O) groups is 1. The first kappa shape index (κ1) is 18.4. The van der Waals surface area contributed by atoms with Crippen LogP contribution >= 0.6 is 0 Å². The van der Waals surface area contributed by atoms with E-state index in [0.717, 1.165) is 39.0 Å². The summed E-state index contributed by atoms with van der Waals surface area (Å²) in [6, 6.07) is 0.486. The van der Waals surface area contributed by atoms with Gasteiger partial charge in [-0.05, 0) is 40.7 Å². The molecule has 1 unspecified atom stereocenters. The lowest BCUT2D eigenvalue weighted by atomic mass is 10.1. The van der Waals surface area contributed by atoms with Crippen LogP contribution in [0.4, 0.5) is 0 Å². The minimum absolute atomic E-state index is 0.155. The highest BCUT2D eigenvalue weighted by Crippen LogP contribution is 2.12. The molecule has 1 N–H and O–H groups in total. The summed E-state index contributed by atoms with van der Waals surface area (Å²) in [5.41, 5.74) is -0.166. The lowest BCUT2D eigenvalue weighted by Gasteiger charge is -2.36. The maximum absolute atomic E-state index is 11.9. The molecule has 1 saturated heterocycles. The van der Waals surface area contributed by atoms with Crippen molar-refractivity contribution in [2.75, 3.05) is 46.9 Å². The van der Waals surface area contributed by atoms with E-state index in [-0.39, 0.29) is 11.5 Å². The smallest absolute Gasteiger partial charge is 0.220 e. The Balaban J connectivity index is 2.15. The molecule has 124 valence electrons. The molecule has 1 amide bonds. The zero-order valence-electron chi connectivity index (χ0n) is 14.4. The van der Waals surface area contributed by atoms with E-state index in [2.05, 4.69) is 29.1 Å². The van der Waals surface area contributed by atoms with Crippen molar-refractivity contribution in [2.24, 2.45) is 0 Å². The molecule has 1 fully saturated rings. The molecule has 0 aromatic rings. The van der Waals surface area contributed by atoms with E-state index >= 15 is 0 Å². The topological polar surface area (TPSA) is 44.8 Å². The summed E-state index contributed by atoms with van der Waals surface area (Å²) in [5.74, 6) is 0.155. The van der Waals surface area contributed by atoms with Crippen LogP contribution in [0.3, 0.4) is 0 Å². The van der Waals surface area contributed by atoms with Crippen molar-refractivity contribution in [3.63, 3.8) is 0 Å². The number of amides is 1. The molecule has 1 heterocycles. The Morgan fingerprint density at radius 1 is 1.29 bits per heavy atom. The number of rotatable bonds is 8. The fourth-order valence-corrected chi connectivity index (χ4v) is 2.48. The van der Waals surface area contributed by atoms with Crippen molar-refractivity contribution in [3.05, 3.63) is 0 Å². The monoisotopic (exact) mass is 299 g/mol. The fraction of sp³-hybridized carbons (Fsp3) is 0.938. The molecule has 0 radical (unpaired) electrons. The number of methoxy groups -OCH3 is 1. The normalized spacial score (nSPS) is 19.5. The molecular formula is C16H33N3O2. The van der Waals surface area contributed by atoms with E-state index in [9.17, 15) is 4.79 Å². The minimum atomic E-state index is -0.166. The Labute approximate surface area is 130 Å². The predicted molar refractivity (Wildman–Crippen MR) is 86.5 cm³/mol. The van der Waals surface area contributed by atoms with Crippen molar-refractivity contribution in [3.8, 4) is 0 Å². The van der Waals surface area contributed by atoms with Crippen LogP contribution in [0.1, 0.15) is 40.0 Å². The molecule has 1 aliphatic rings. The highest BCUT2D eigenvalue weighted by atomic mass is 16.5. The van der Waals surface area contributed by atoms with Crippen LogP contribution in [0.15, 0.2) is 0 Å². The number of carbonyl (C=O) groups excluding carboxylic acids is 1. The van der Waals surface area contributed by atoms with Crippen LogP contribution in [0.2, 0.25) is 0 Å². The summed E-state index contributed by atoms with van der Waals surface area (Å²) >= 11 is 0. The third-order valence-corrected chi connectivity index (χ3v) is 4.55. The number of hydrogen-bond acceptors (Lipinski definition) is 4. The largest absolute Gasteiger partial charge is 0.379 e. The van der Waals surface area contributed by atoms with Crippen molar-refractivity contribution in [1.29, 1.82) is 0 Å². The molecule has 0 aliphatic carbocycles. The number of likely N-dealkylation sites (N-methyl/N-ethyl adjacent to an activating group) is 1. The van der Waals surface area contributed by atoms with Gasteiger partial charge in [-0.1, -0.05) is 0 Å². The SMILES string of the molecule is COC(C)(C)CCNC(=O)CCC(C)N1CCN(C)CC1. The first-order valence-electron chi connectivity index (χ1n) is 8.08. The Kier molecular flexibility index (Phi) is 7.63. The molecule has 5 heteroatoms. The Hall–Kier alpha value is -0.650. The van der Waals surface area contributed by atoms with Gasteiger partial charge in [0, 0.05) is 52.3 Å². The lowest BCUT2D eigenvalue weighted by molar-refractivity contribution is -0.121. The van der Waals surface area contributed by atoms with Gasteiger partial charge in [0.15, 0.2) is 0 Å². The molecule has 1 atom stereocenters. The second kappa shape index (κ2) is 8.71. The average Bonchev–Trinajstić information content (AvgIpc) is 2.45.